The number of rotatable bonds is 5. The van der Waals surface area contributed by atoms with E-state index in [9.17, 15) is 4.79 Å². The van der Waals surface area contributed by atoms with Crippen molar-refractivity contribution in [3.05, 3.63) is 47.4 Å². The summed E-state index contributed by atoms with van der Waals surface area (Å²) >= 11 is 0. The van der Waals surface area contributed by atoms with Gasteiger partial charge in [0.25, 0.3) is 0 Å². The Bertz CT molecular complexity index is 974. The molecule has 6 heteroatoms. The average Bonchev–Trinajstić information content (AvgIpc) is 3.08. The first-order valence-corrected chi connectivity index (χ1v) is 9.24. The summed E-state index contributed by atoms with van der Waals surface area (Å²) < 4.78 is 13.0. The summed E-state index contributed by atoms with van der Waals surface area (Å²) in [5.74, 6) is 0. The number of aromatic nitrogens is 3. The lowest BCUT2D eigenvalue weighted by Crippen LogP contribution is -2.19. The molecule has 0 N–H and O–H groups in total. The summed E-state index contributed by atoms with van der Waals surface area (Å²) in [6, 6.07) is 6.09. The highest BCUT2D eigenvalue weighted by molar-refractivity contribution is 5.97. The van der Waals surface area contributed by atoms with Crippen molar-refractivity contribution in [3.8, 4) is 11.1 Å². The number of methoxy groups -OCH3 is 1. The molecule has 3 heterocycles. The quantitative estimate of drug-likeness (QED) is 0.638. The van der Waals surface area contributed by atoms with Crippen molar-refractivity contribution in [2.45, 2.75) is 39.0 Å². The SMILES string of the molecule is COCc1cncc(-c2ccc3c(c2)c(C=O)nn3C2CCCCO2)c1C. The van der Waals surface area contributed by atoms with Crippen molar-refractivity contribution in [3.63, 3.8) is 0 Å². The summed E-state index contributed by atoms with van der Waals surface area (Å²) in [5, 5.41) is 5.36. The van der Waals surface area contributed by atoms with Gasteiger partial charge in [0.05, 0.1) is 12.1 Å². The molecule has 0 aliphatic carbocycles. The van der Waals surface area contributed by atoms with Crippen LogP contribution in [0.25, 0.3) is 22.0 Å². The van der Waals surface area contributed by atoms with Gasteiger partial charge in [-0.15, -0.1) is 0 Å². The van der Waals surface area contributed by atoms with E-state index in [2.05, 4.69) is 23.1 Å². The third-order valence-corrected chi connectivity index (χ3v) is 5.21. The molecule has 0 radical (unpaired) electrons. The molecule has 3 aromatic rings. The fraction of sp³-hybridized carbons (Fsp3) is 0.381. The van der Waals surface area contributed by atoms with Crippen LogP contribution in [0.3, 0.4) is 0 Å². The van der Waals surface area contributed by atoms with Gasteiger partial charge in [-0.1, -0.05) is 6.07 Å². The third kappa shape index (κ3) is 3.26. The summed E-state index contributed by atoms with van der Waals surface area (Å²) in [6.45, 7) is 3.32. The van der Waals surface area contributed by atoms with E-state index in [4.69, 9.17) is 9.47 Å². The second kappa shape index (κ2) is 7.58. The number of hydrogen-bond acceptors (Lipinski definition) is 5. The number of fused-ring (bicyclic) bond motifs is 1. The molecule has 27 heavy (non-hydrogen) atoms. The van der Waals surface area contributed by atoms with Crippen molar-refractivity contribution in [1.29, 1.82) is 0 Å². The topological polar surface area (TPSA) is 66.2 Å². The maximum Gasteiger partial charge on any atom is 0.170 e. The molecule has 0 amide bonds. The van der Waals surface area contributed by atoms with Crippen LogP contribution in [0.1, 0.15) is 47.1 Å². The van der Waals surface area contributed by atoms with Gasteiger partial charge in [-0.3, -0.25) is 9.78 Å². The molecule has 1 unspecified atom stereocenters. The number of ether oxygens (including phenoxy) is 2. The van der Waals surface area contributed by atoms with Crippen LogP contribution in [-0.2, 0) is 16.1 Å². The van der Waals surface area contributed by atoms with Crippen LogP contribution in [0.15, 0.2) is 30.6 Å². The number of carbonyl (C=O) groups is 1. The largest absolute Gasteiger partial charge is 0.380 e. The van der Waals surface area contributed by atoms with Gasteiger partial charge < -0.3 is 9.47 Å². The van der Waals surface area contributed by atoms with E-state index in [1.54, 1.807) is 7.11 Å². The van der Waals surface area contributed by atoms with Crippen molar-refractivity contribution < 1.29 is 14.3 Å². The number of nitrogens with zero attached hydrogens (tertiary/aromatic N) is 3. The molecule has 6 nitrogen and oxygen atoms in total. The fourth-order valence-electron chi connectivity index (χ4n) is 3.72. The molecule has 1 fully saturated rings. The lowest BCUT2D eigenvalue weighted by Gasteiger charge is -2.23. The number of benzene rings is 1. The molecule has 1 aromatic carbocycles. The zero-order valence-corrected chi connectivity index (χ0v) is 15.6. The van der Waals surface area contributed by atoms with Gasteiger partial charge in [-0.2, -0.15) is 5.10 Å². The number of carbonyl (C=O) groups excluding carboxylic acids is 1. The maximum atomic E-state index is 11.6. The van der Waals surface area contributed by atoms with E-state index in [-0.39, 0.29) is 6.23 Å². The predicted octanol–water partition coefficient (Wildman–Crippen LogP) is 4.06. The second-order valence-corrected chi connectivity index (χ2v) is 6.91. The molecule has 1 aliphatic heterocycles. The Labute approximate surface area is 158 Å². The van der Waals surface area contributed by atoms with E-state index in [0.717, 1.165) is 65.3 Å². The average molecular weight is 365 g/mol. The summed E-state index contributed by atoms with van der Waals surface area (Å²) in [6.07, 6.45) is 7.49. The first-order valence-electron chi connectivity index (χ1n) is 9.24. The highest BCUT2D eigenvalue weighted by Crippen LogP contribution is 2.32. The number of hydrogen-bond donors (Lipinski definition) is 0. The van der Waals surface area contributed by atoms with E-state index in [1.165, 1.54) is 0 Å². The van der Waals surface area contributed by atoms with E-state index < -0.39 is 0 Å². The molecule has 1 atom stereocenters. The summed E-state index contributed by atoms with van der Waals surface area (Å²) in [7, 11) is 1.68. The van der Waals surface area contributed by atoms with Gasteiger partial charge in [-0.25, -0.2) is 4.68 Å². The van der Waals surface area contributed by atoms with Crippen LogP contribution in [0.4, 0.5) is 0 Å². The zero-order valence-electron chi connectivity index (χ0n) is 15.6. The molecule has 0 bridgehead atoms. The van der Waals surface area contributed by atoms with Gasteiger partial charge in [-0.05, 0) is 55.0 Å². The molecular formula is C21H23N3O3. The minimum atomic E-state index is -0.103. The number of pyridine rings is 1. The van der Waals surface area contributed by atoms with Crippen LogP contribution in [-0.4, -0.2) is 34.8 Å². The van der Waals surface area contributed by atoms with Crippen molar-refractivity contribution in [1.82, 2.24) is 14.8 Å². The molecule has 2 aromatic heterocycles. The summed E-state index contributed by atoms with van der Waals surface area (Å²) in [5.41, 5.74) is 5.59. The van der Waals surface area contributed by atoms with Gasteiger partial charge >= 0.3 is 0 Å². The van der Waals surface area contributed by atoms with Gasteiger partial charge in [0.1, 0.15) is 5.69 Å². The Morgan fingerprint density at radius 3 is 2.96 bits per heavy atom. The van der Waals surface area contributed by atoms with E-state index in [0.29, 0.717) is 12.3 Å². The minimum absolute atomic E-state index is 0.103. The van der Waals surface area contributed by atoms with E-state index in [1.807, 2.05) is 29.2 Å². The van der Waals surface area contributed by atoms with Crippen LogP contribution in [0.5, 0.6) is 0 Å². The molecule has 4 rings (SSSR count). The van der Waals surface area contributed by atoms with Gasteiger partial charge in [0.2, 0.25) is 0 Å². The van der Waals surface area contributed by atoms with Crippen LogP contribution in [0.2, 0.25) is 0 Å². The Kier molecular flexibility index (Phi) is 5.01. The van der Waals surface area contributed by atoms with Crippen LogP contribution >= 0.6 is 0 Å². The Balaban J connectivity index is 1.81. The Hall–Kier alpha value is -2.57. The molecule has 0 saturated carbocycles. The van der Waals surface area contributed by atoms with Gasteiger partial charge in [0, 0.05) is 37.1 Å². The minimum Gasteiger partial charge on any atom is -0.380 e. The molecule has 0 spiro atoms. The Morgan fingerprint density at radius 1 is 1.33 bits per heavy atom. The van der Waals surface area contributed by atoms with Crippen LogP contribution < -0.4 is 0 Å². The lowest BCUT2D eigenvalue weighted by molar-refractivity contribution is -0.0367. The molecule has 1 saturated heterocycles. The molecule has 140 valence electrons. The van der Waals surface area contributed by atoms with Crippen molar-refractivity contribution >= 4 is 17.2 Å². The first kappa shape index (κ1) is 17.8. The van der Waals surface area contributed by atoms with Crippen LogP contribution in [0, 0.1) is 6.92 Å². The number of aldehydes is 1. The van der Waals surface area contributed by atoms with Crippen molar-refractivity contribution in [2.75, 3.05) is 13.7 Å². The smallest absolute Gasteiger partial charge is 0.170 e. The Morgan fingerprint density at radius 2 is 2.22 bits per heavy atom. The lowest BCUT2D eigenvalue weighted by atomic mass is 9.98. The zero-order chi connectivity index (χ0) is 18.8. The summed E-state index contributed by atoms with van der Waals surface area (Å²) in [4.78, 5) is 16.0. The van der Waals surface area contributed by atoms with Crippen molar-refractivity contribution in [2.24, 2.45) is 0 Å². The third-order valence-electron chi connectivity index (χ3n) is 5.21. The fourth-order valence-corrected chi connectivity index (χ4v) is 3.72. The standard InChI is InChI=1S/C21H23N3O3/c1-14-16(13-26-2)10-22-11-18(14)15-6-7-20-17(9-15)19(12-25)23-24(20)21-5-3-4-8-27-21/h6-7,9-12,21H,3-5,8,13H2,1-2H3. The van der Waals surface area contributed by atoms with Gasteiger partial charge in [0.15, 0.2) is 12.5 Å². The first-order chi connectivity index (χ1) is 13.2. The maximum absolute atomic E-state index is 11.6. The second-order valence-electron chi connectivity index (χ2n) is 6.91. The van der Waals surface area contributed by atoms with E-state index >= 15 is 0 Å². The monoisotopic (exact) mass is 365 g/mol. The predicted molar refractivity (Wildman–Crippen MR) is 103 cm³/mol. The molecule has 1 aliphatic rings. The highest BCUT2D eigenvalue weighted by atomic mass is 16.5. The normalized spacial score (nSPS) is 17.3. The highest BCUT2D eigenvalue weighted by Gasteiger charge is 2.21. The molecular weight excluding hydrogens is 342 g/mol.